The van der Waals surface area contributed by atoms with Gasteiger partial charge in [0, 0.05) is 6.07 Å². The van der Waals surface area contributed by atoms with E-state index in [1.807, 2.05) is 0 Å². The molecule has 0 bridgehead atoms. The highest BCUT2D eigenvalue weighted by Crippen LogP contribution is 2.16. The number of hydrogen-bond donors (Lipinski definition) is 2. The molecule has 94 valence electrons. The van der Waals surface area contributed by atoms with Crippen molar-refractivity contribution in [2.24, 2.45) is 0 Å². The maximum Gasteiger partial charge on any atom is 0.335 e. The van der Waals surface area contributed by atoms with Crippen molar-refractivity contribution in [3.8, 4) is 0 Å². The van der Waals surface area contributed by atoms with E-state index < -0.39 is 11.8 Å². The number of carboxylic acids is 1. The summed E-state index contributed by atoms with van der Waals surface area (Å²) in [6.07, 6.45) is 0. The van der Waals surface area contributed by atoms with E-state index >= 15 is 0 Å². The number of carbonyl (C=O) groups is 1. The number of nitrogens with zero attached hydrogens (tertiary/aromatic N) is 1. The summed E-state index contributed by atoms with van der Waals surface area (Å²) < 4.78 is 18.4. The predicted molar refractivity (Wildman–Crippen MR) is 61.9 cm³/mol. The summed E-state index contributed by atoms with van der Waals surface area (Å²) in [5.74, 6) is -1.10. The SMILES string of the molecule is Cc1cc(CNc2ccc(C(=O)O)cc2F)no1. The first-order valence-electron chi connectivity index (χ1n) is 5.25. The summed E-state index contributed by atoms with van der Waals surface area (Å²) >= 11 is 0. The number of halogens is 1. The first kappa shape index (κ1) is 12.1. The molecule has 0 aliphatic rings. The fourth-order valence-corrected chi connectivity index (χ4v) is 1.48. The molecule has 0 spiro atoms. The van der Waals surface area contributed by atoms with Gasteiger partial charge in [0.15, 0.2) is 0 Å². The number of aromatic carboxylic acids is 1. The van der Waals surface area contributed by atoms with Crippen molar-refractivity contribution in [1.29, 1.82) is 0 Å². The number of hydrogen-bond acceptors (Lipinski definition) is 4. The van der Waals surface area contributed by atoms with Crippen molar-refractivity contribution in [2.45, 2.75) is 13.5 Å². The van der Waals surface area contributed by atoms with E-state index in [4.69, 9.17) is 9.63 Å². The molecule has 6 heteroatoms. The maximum absolute atomic E-state index is 13.5. The third-order valence-corrected chi connectivity index (χ3v) is 2.35. The predicted octanol–water partition coefficient (Wildman–Crippen LogP) is 2.43. The van der Waals surface area contributed by atoms with Crippen LogP contribution in [-0.2, 0) is 6.54 Å². The lowest BCUT2D eigenvalue weighted by molar-refractivity contribution is 0.0696. The van der Waals surface area contributed by atoms with Crippen molar-refractivity contribution in [1.82, 2.24) is 5.16 Å². The second-order valence-corrected chi connectivity index (χ2v) is 3.78. The zero-order valence-corrected chi connectivity index (χ0v) is 9.61. The normalized spacial score (nSPS) is 10.3. The fraction of sp³-hybridized carbons (Fsp3) is 0.167. The highest BCUT2D eigenvalue weighted by atomic mass is 19.1. The average Bonchev–Trinajstić information content (AvgIpc) is 2.73. The number of nitrogens with one attached hydrogen (secondary N) is 1. The van der Waals surface area contributed by atoms with E-state index in [0.29, 0.717) is 18.0 Å². The molecule has 18 heavy (non-hydrogen) atoms. The van der Waals surface area contributed by atoms with Crippen LogP contribution in [0.25, 0.3) is 0 Å². The van der Waals surface area contributed by atoms with Crippen LogP contribution < -0.4 is 5.32 Å². The first-order chi connectivity index (χ1) is 8.56. The van der Waals surface area contributed by atoms with E-state index in [9.17, 15) is 9.18 Å². The van der Waals surface area contributed by atoms with E-state index in [1.165, 1.54) is 12.1 Å². The van der Waals surface area contributed by atoms with Crippen molar-refractivity contribution in [3.05, 3.63) is 47.1 Å². The van der Waals surface area contributed by atoms with Crippen LogP contribution in [0.2, 0.25) is 0 Å². The van der Waals surface area contributed by atoms with Crippen molar-refractivity contribution in [2.75, 3.05) is 5.32 Å². The summed E-state index contributed by atoms with van der Waals surface area (Å²) in [4.78, 5) is 10.6. The van der Waals surface area contributed by atoms with E-state index in [1.54, 1.807) is 13.0 Å². The number of aryl methyl sites for hydroxylation is 1. The Hall–Kier alpha value is -2.37. The Balaban J connectivity index is 2.08. The molecule has 1 aromatic carbocycles. The fourth-order valence-electron chi connectivity index (χ4n) is 1.48. The van der Waals surface area contributed by atoms with Crippen LogP contribution in [-0.4, -0.2) is 16.2 Å². The van der Waals surface area contributed by atoms with Crippen molar-refractivity contribution < 1.29 is 18.8 Å². The van der Waals surface area contributed by atoms with E-state index in [2.05, 4.69) is 10.5 Å². The van der Waals surface area contributed by atoms with Crippen molar-refractivity contribution in [3.63, 3.8) is 0 Å². The summed E-state index contributed by atoms with van der Waals surface area (Å²) in [5, 5.41) is 15.3. The van der Waals surface area contributed by atoms with Gasteiger partial charge in [0.25, 0.3) is 0 Å². The first-order valence-corrected chi connectivity index (χ1v) is 5.25. The zero-order valence-electron chi connectivity index (χ0n) is 9.61. The van der Waals surface area contributed by atoms with Crippen LogP contribution in [0.15, 0.2) is 28.8 Å². The lowest BCUT2D eigenvalue weighted by Gasteiger charge is -2.06. The van der Waals surface area contributed by atoms with Gasteiger partial charge in [0.2, 0.25) is 0 Å². The number of carboxylic acid groups (broad SMARTS) is 1. The second-order valence-electron chi connectivity index (χ2n) is 3.78. The Kier molecular flexibility index (Phi) is 3.27. The summed E-state index contributed by atoms with van der Waals surface area (Å²) in [6, 6.07) is 5.42. The van der Waals surface area contributed by atoms with Gasteiger partial charge in [-0.3, -0.25) is 0 Å². The van der Waals surface area contributed by atoms with Crippen LogP contribution in [0.4, 0.5) is 10.1 Å². The molecule has 0 saturated heterocycles. The van der Waals surface area contributed by atoms with Gasteiger partial charge < -0.3 is 14.9 Å². The van der Waals surface area contributed by atoms with Gasteiger partial charge in [-0.25, -0.2) is 9.18 Å². The topological polar surface area (TPSA) is 75.4 Å². The van der Waals surface area contributed by atoms with Crippen LogP contribution in [0, 0.1) is 12.7 Å². The molecular formula is C12H11FN2O3. The molecule has 0 atom stereocenters. The molecule has 2 N–H and O–H groups in total. The molecule has 1 heterocycles. The Morgan fingerprint density at radius 3 is 2.83 bits per heavy atom. The standard InChI is InChI=1S/C12H11FN2O3/c1-7-4-9(15-18-7)6-14-11-3-2-8(12(16)17)5-10(11)13/h2-5,14H,6H2,1H3,(H,16,17). The van der Waals surface area contributed by atoms with E-state index in [0.717, 1.165) is 6.07 Å². The smallest absolute Gasteiger partial charge is 0.335 e. The molecule has 0 radical (unpaired) electrons. The Bertz CT molecular complexity index is 580. The Morgan fingerprint density at radius 1 is 1.50 bits per heavy atom. The number of anilines is 1. The molecular weight excluding hydrogens is 239 g/mol. The minimum Gasteiger partial charge on any atom is -0.478 e. The lowest BCUT2D eigenvalue weighted by Crippen LogP contribution is -2.03. The molecule has 0 aliphatic heterocycles. The number of benzene rings is 1. The van der Waals surface area contributed by atoms with Gasteiger partial charge >= 0.3 is 5.97 Å². The molecule has 2 aromatic rings. The molecule has 2 rings (SSSR count). The second kappa shape index (κ2) is 4.87. The largest absolute Gasteiger partial charge is 0.478 e. The van der Waals surface area contributed by atoms with Gasteiger partial charge in [0.1, 0.15) is 17.3 Å². The number of rotatable bonds is 4. The van der Waals surface area contributed by atoms with E-state index in [-0.39, 0.29) is 11.3 Å². The Morgan fingerprint density at radius 2 is 2.28 bits per heavy atom. The van der Waals surface area contributed by atoms with Gasteiger partial charge in [-0.15, -0.1) is 0 Å². The maximum atomic E-state index is 13.5. The van der Waals surface area contributed by atoms with Gasteiger partial charge in [-0.1, -0.05) is 5.16 Å². The van der Waals surface area contributed by atoms with Crippen LogP contribution >= 0.6 is 0 Å². The molecule has 0 unspecified atom stereocenters. The molecule has 5 nitrogen and oxygen atoms in total. The third-order valence-electron chi connectivity index (χ3n) is 2.35. The molecule has 0 amide bonds. The molecule has 0 fully saturated rings. The summed E-state index contributed by atoms with van der Waals surface area (Å²) in [6.45, 7) is 2.07. The summed E-state index contributed by atoms with van der Waals surface area (Å²) in [7, 11) is 0. The highest BCUT2D eigenvalue weighted by molar-refractivity contribution is 5.88. The van der Waals surface area contributed by atoms with Gasteiger partial charge in [-0.2, -0.15) is 0 Å². The van der Waals surface area contributed by atoms with Crippen LogP contribution in [0.5, 0.6) is 0 Å². The third kappa shape index (κ3) is 2.65. The zero-order chi connectivity index (χ0) is 13.1. The molecule has 1 aromatic heterocycles. The van der Waals surface area contributed by atoms with Crippen LogP contribution in [0.3, 0.4) is 0 Å². The summed E-state index contributed by atoms with van der Waals surface area (Å²) in [5.41, 5.74) is 0.783. The monoisotopic (exact) mass is 250 g/mol. The van der Waals surface area contributed by atoms with Gasteiger partial charge in [-0.05, 0) is 25.1 Å². The Labute approximate surface area is 102 Å². The van der Waals surface area contributed by atoms with Gasteiger partial charge in [0.05, 0.1) is 17.8 Å². The van der Waals surface area contributed by atoms with Crippen molar-refractivity contribution >= 4 is 11.7 Å². The van der Waals surface area contributed by atoms with Crippen LogP contribution in [0.1, 0.15) is 21.8 Å². The minimum atomic E-state index is -1.16. The number of aromatic nitrogens is 1. The molecule has 0 saturated carbocycles. The highest BCUT2D eigenvalue weighted by Gasteiger charge is 2.08. The lowest BCUT2D eigenvalue weighted by atomic mass is 10.2. The minimum absolute atomic E-state index is 0.0877. The molecule has 0 aliphatic carbocycles. The average molecular weight is 250 g/mol. The quantitative estimate of drug-likeness (QED) is 0.871.